The zero-order chi connectivity index (χ0) is 26.2. The second-order valence-corrected chi connectivity index (χ2v) is 10.1. The van der Waals surface area contributed by atoms with Crippen molar-refractivity contribution in [1.82, 2.24) is 9.97 Å². The third-order valence-electron chi connectivity index (χ3n) is 7.58. The van der Waals surface area contributed by atoms with E-state index in [1.165, 1.54) is 6.20 Å². The minimum Gasteiger partial charge on any atom is -0.385 e. The van der Waals surface area contributed by atoms with Crippen molar-refractivity contribution in [3.63, 3.8) is 0 Å². The van der Waals surface area contributed by atoms with E-state index in [2.05, 4.69) is 15.3 Å². The van der Waals surface area contributed by atoms with Crippen LogP contribution >= 0.6 is 0 Å². The van der Waals surface area contributed by atoms with Gasteiger partial charge in [0.15, 0.2) is 0 Å². The molecule has 1 amide bonds. The van der Waals surface area contributed by atoms with Crippen molar-refractivity contribution < 1.29 is 23.1 Å². The van der Waals surface area contributed by atoms with Crippen LogP contribution in [0, 0.1) is 17.5 Å². The van der Waals surface area contributed by atoms with Crippen LogP contribution in [0.3, 0.4) is 0 Å². The number of carbonyl (C=O) groups is 1. The highest BCUT2D eigenvalue weighted by Crippen LogP contribution is 2.41. The fraction of sp³-hybridized carbons (Fsp3) is 0.393. The SMILES string of the molecule is N[C@H]1CCC[C@@H](c2ccncc2NC(=O)c2ccc(F)c(-c3c(F)cc(C4(O)CCCC4)cc3F)n2)C1. The first-order valence-corrected chi connectivity index (χ1v) is 12.6. The molecule has 5 rings (SSSR count). The molecule has 37 heavy (non-hydrogen) atoms. The molecule has 2 atom stereocenters. The fourth-order valence-electron chi connectivity index (χ4n) is 5.62. The average molecular weight is 511 g/mol. The number of anilines is 1. The molecule has 0 saturated heterocycles. The van der Waals surface area contributed by atoms with Crippen LogP contribution in [0.15, 0.2) is 42.7 Å². The van der Waals surface area contributed by atoms with Gasteiger partial charge in [0.25, 0.3) is 5.91 Å². The van der Waals surface area contributed by atoms with Crippen LogP contribution in [0.2, 0.25) is 0 Å². The number of hydrogen-bond acceptors (Lipinski definition) is 5. The van der Waals surface area contributed by atoms with Crippen molar-refractivity contribution in [2.45, 2.75) is 68.9 Å². The Labute approximate surface area is 213 Å². The van der Waals surface area contributed by atoms with Gasteiger partial charge in [0.2, 0.25) is 0 Å². The maximum absolute atomic E-state index is 15.1. The van der Waals surface area contributed by atoms with E-state index in [4.69, 9.17) is 5.73 Å². The Morgan fingerprint density at radius 1 is 1.03 bits per heavy atom. The van der Waals surface area contributed by atoms with E-state index in [9.17, 15) is 14.3 Å². The van der Waals surface area contributed by atoms with Crippen LogP contribution in [0.5, 0.6) is 0 Å². The maximum Gasteiger partial charge on any atom is 0.274 e. The molecule has 2 aromatic heterocycles. The van der Waals surface area contributed by atoms with E-state index in [0.717, 1.165) is 68.4 Å². The zero-order valence-electron chi connectivity index (χ0n) is 20.3. The predicted molar refractivity (Wildman–Crippen MR) is 133 cm³/mol. The number of pyridine rings is 2. The number of aromatic nitrogens is 2. The summed E-state index contributed by atoms with van der Waals surface area (Å²) in [5.41, 5.74) is 4.84. The normalized spacial score (nSPS) is 21.1. The van der Waals surface area contributed by atoms with Gasteiger partial charge in [-0.05, 0) is 79.5 Å². The lowest BCUT2D eigenvalue weighted by molar-refractivity contribution is 0.0438. The Kier molecular flexibility index (Phi) is 7.00. The van der Waals surface area contributed by atoms with Gasteiger partial charge in [0.1, 0.15) is 28.8 Å². The Bertz CT molecular complexity index is 1300. The van der Waals surface area contributed by atoms with E-state index in [1.807, 2.05) is 6.07 Å². The molecule has 194 valence electrons. The van der Waals surface area contributed by atoms with Gasteiger partial charge in [0.05, 0.1) is 23.0 Å². The number of halogens is 3. The second kappa shape index (κ2) is 10.2. The summed E-state index contributed by atoms with van der Waals surface area (Å²) in [6, 6.07) is 6.09. The van der Waals surface area contributed by atoms with Crippen LogP contribution in [0.25, 0.3) is 11.3 Å². The number of carbonyl (C=O) groups excluding carboxylic acids is 1. The lowest BCUT2D eigenvalue weighted by atomic mass is 9.81. The first-order chi connectivity index (χ1) is 17.7. The first-order valence-electron chi connectivity index (χ1n) is 12.6. The van der Waals surface area contributed by atoms with Gasteiger partial charge in [-0.25, -0.2) is 18.2 Å². The van der Waals surface area contributed by atoms with Crippen molar-refractivity contribution in [1.29, 1.82) is 0 Å². The van der Waals surface area contributed by atoms with Gasteiger partial charge in [-0.3, -0.25) is 9.78 Å². The summed E-state index contributed by atoms with van der Waals surface area (Å²) in [5.74, 6) is -3.58. The Morgan fingerprint density at radius 3 is 2.46 bits per heavy atom. The molecule has 2 aliphatic rings. The number of amides is 1. The molecular formula is C28H29F3N4O2. The standard InChI is InChI=1S/C28H29F3N4O2/c29-20-6-7-23(27(36)35-24-15-33-11-8-19(24)16-4-3-5-18(32)12-16)34-26(20)25-21(30)13-17(14-22(25)31)28(37)9-1-2-10-28/h6-8,11,13-16,18,37H,1-5,9-10,12,32H2,(H,35,36)/t16-,18+/m1/s1. The molecule has 1 aromatic carbocycles. The first kappa shape index (κ1) is 25.4. The average Bonchev–Trinajstić information content (AvgIpc) is 3.32. The number of nitrogens with zero attached hydrogens (tertiary/aromatic N) is 2. The van der Waals surface area contributed by atoms with E-state index < -0.39 is 40.2 Å². The summed E-state index contributed by atoms with van der Waals surface area (Å²) in [4.78, 5) is 21.2. The molecule has 2 heterocycles. The molecule has 0 bridgehead atoms. The molecule has 3 aromatic rings. The fourth-order valence-corrected chi connectivity index (χ4v) is 5.62. The van der Waals surface area contributed by atoms with Gasteiger partial charge in [0, 0.05) is 12.2 Å². The summed E-state index contributed by atoms with van der Waals surface area (Å²) in [5, 5.41) is 13.5. The lowest BCUT2D eigenvalue weighted by Gasteiger charge is -2.28. The van der Waals surface area contributed by atoms with Crippen LogP contribution < -0.4 is 11.1 Å². The summed E-state index contributed by atoms with van der Waals surface area (Å²) in [7, 11) is 0. The third kappa shape index (κ3) is 5.10. The molecule has 0 radical (unpaired) electrons. The number of aliphatic hydroxyl groups is 1. The lowest BCUT2D eigenvalue weighted by Crippen LogP contribution is -2.27. The van der Waals surface area contributed by atoms with E-state index in [-0.39, 0.29) is 23.2 Å². The minimum atomic E-state index is -1.31. The highest BCUT2D eigenvalue weighted by molar-refractivity contribution is 6.03. The number of nitrogens with one attached hydrogen (secondary N) is 1. The topological polar surface area (TPSA) is 101 Å². The van der Waals surface area contributed by atoms with Crippen LogP contribution in [-0.2, 0) is 5.60 Å². The third-order valence-corrected chi connectivity index (χ3v) is 7.58. The molecular weight excluding hydrogens is 481 g/mol. The Hall–Kier alpha value is -3.30. The number of rotatable bonds is 5. The van der Waals surface area contributed by atoms with Crippen LogP contribution in [-0.4, -0.2) is 27.0 Å². The molecule has 4 N–H and O–H groups in total. The largest absolute Gasteiger partial charge is 0.385 e. The van der Waals surface area contributed by atoms with Crippen LogP contribution in [0.4, 0.5) is 18.9 Å². The molecule has 0 unspecified atom stereocenters. The molecule has 0 spiro atoms. The molecule has 2 saturated carbocycles. The van der Waals surface area contributed by atoms with Crippen molar-refractivity contribution in [2.24, 2.45) is 5.73 Å². The highest BCUT2D eigenvalue weighted by Gasteiger charge is 2.35. The summed E-state index contributed by atoms with van der Waals surface area (Å²) < 4.78 is 44.9. The van der Waals surface area contributed by atoms with Gasteiger partial charge in [-0.15, -0.1) is 0 Å². The summed E-state index contributed by atoms with van der Waals surface area (Å²) in [6.07, 6.45) is 9.14. The van der Waals surface area contributed by atoms with Crippen molar-refractivity contribution in [3.05, 3.63) is 77.0 Å². The number of hydrogen-bond donors (Lipinski definition) is 3. The molecule has 6 nitrogen and oxygen atoms in total. The number of benzene rings is 1. The van der Waals surface area contributed by atoms with Gasteiger partial charge in [-0.1, -0.05) is 19.3 Å². The maximum atomic E-state index is 15.1. The van der Waals surface area contributed by atoms with Crippen molar-refractivity contribution in [2.75, 3.05) is 5.32 Å². The van der Waals surface area contributed by atoms with E-state index in [1.54, 1.807) is 6.20 Å². The zero-order valence-corrected chi connectivity index (χ0v) is 20.3. The molecule has 2 fully saturated rings. The second-order valence-electron chi connectivity index (χ2n) is 10.1. The van der Waals surface area contributed by atoms with Gasteiger partial charge < -0.3 is 16.2 Å². The van der Waals surface area contributed by atoms with Crippen molar-refractivity contribution >= 4 is 11.6 Å². The monoisotopic (exact) mass is 510 g/mol. The van der Waals surface area contributed by atoms with Crippen LogP contribution in [0.1, 0.15) is 78.9 Å². The van der Waals surface area contributed by atoms with Gasteiger partial charge >= 0.3 is 0 Å². The van der Waals surface area contributed by atoms with Crippen molar-refractivity contribution in [3.8, 4) is 11.3 Å². The molecule has 9 heteroatoms. The predicted octanol–water partition coefficient (Wildman–Crippen LogP) is 5.56. The molecule has 2 aliphatic carbocycles. The minimum absolute atomic E-state index is 0.0855. The number of nitrogens with two attached hydrogens (primary N) is 1. The van der Waals surface area contributed by atoms with Gasteiger partial charge in [-0.2, -0.15) is 0 Å². The molecule has 0 aliphatic heterocycles. The van der Waals surface area contributed by atoms with E-state index in [0.29, 0.717) is 18.5 Å². The smallest absolute Gasteiger partial charge is 0.274 e. The van der Waals surface area contributed by atoms with E-state index >= 15 is 8.78 Å². The Balaban J connectivity index is 1.44. The summed E-state index contributed by atoms with van der Waals surface area (Å²) >= 11 is 0. The highest BCUT2D eigenvalue weighted by atomic mass is 19.1. The summed E-state index contributed by atoms with van der Waals surface area (Å²) in [6.45, 7) is 0. The quantitative estimate of drug-likeness (QED) is 0.417. The Morgan fingerprint density at radius 2 is 1.76 bits per heavy atom.